The molecule has 3 nitrogen and oxygen atoms in total. The van der Waals surface area contributed by atoms with Crippen molar-refractivity contribution < 1.29 is 9.90 Å². The number of benzene rings is 1. The Kier molecular flexibility index (Phi) is 4.15. The summed E-state index contributed by atoms with van der Waals surface area (Å²) in [7, 11) is 0. The molecule has 1 aromatic carbocycles. The van der Waals surface area contributed by atoms with Crippen LogP contribution in [0.4, 0.5) is 0 Å². The van der Waals surface area contributed by atoms with Gasteiger partial charge in [-0.25, -0.2) is 4.79 Å². The lowest BCUT2D eigenvalue weighted by atomic mass is 10.1. The molecule has 1 aromatic rings. The topological polar surface area (TPSA) is 40.5 Å². The lowest BCUT2D eigenvalue weighted by molar-refractivity contribution is 0.0696. The SMILES string of the molecule is O=C(O)c1cccc(CCN2CC[CH]CC2)c1. The van der Waals surface area contributed by atoms with E-state index < -0.39 is 5.97 Å². The number of carboxylic acid groups (broad SMARTS) is 1. The molecule has 0 aromatic heterocycles. The van der Waals surface area contributed by atoms with Gasteiger partial charge in [0.1, 0.15) is 0 Å². The second-order valence-corrected chi connectivity index (χ2v) is 4.46. The van der Waals surface area contributed by atoms with E-state index >= 15 is 0 Å². The van der Waals surface area contributed by atoms with Gasteiger partial charge in [0.05, 0.1) is 5.56 Å². The largest absolute Gasteiger partial charge is 0.478 e. The number of likely N-dealkylation sites (tertiary alicyclic amines) is 1. The van der Waals surface area contributed by atoms with E-state index in [1.807, 2.05) is 12.1 Å². The van der Waals surface area contributed by atoms with Crippen LogP contribution < -0.4 is 0 Å². The minimum absolute atomic E-state index is 0.384. The third-order valence-electron chi connectivity index (χ3n) is 3.19. The minimum Gasteiger partial charge on any atom is -0.478 e. The maximum Gasteiger partial charge on any atom is 0.335 e. The molecule has 0 bridgehead atoms. The van der Waals surface area contributed by atoms with Gasteiger partial charge in [-0.1, -0.05) is 12.1 Å². The lowest BCUT2D eigenvalue weighted by Crippen LogP contribution is -2.31. The quantitative estimate of drug-likeness (QED) is 0.865. The predicted molar refractivity (Wildman–Crippen MR) is 67.1 cm³/mol. The fourth-order valence-corrected chi connectivity index (χ4v) is 2.17. The maximum absolute atomic E-state index is 10.8. The van der Waals surface area contributed by atoms with Gasteiger partial charge in [0, 0.05) is 6.54 Å². The van der Waals surface area contributed by atoms with Crippen molar-refractivity contribution in [2.75, 3.05) is 19.6 Å². The molecule has 91 valence electrons. The molecule has 1 N–H and O–H groups in total. The molecule has 1 radical (unpaired) electrons. The van der Waals surface area contributed by atoms with Crippen molar-refractivity contribution in [1.29, 1.82) is 0 Å². The van der Waals surface area contributed by atoms with Gasteiger partial charge >= 0.3 is 5.97 Å². The molecule has 0 atom stereocenters. The summed E-state index contributed by atoms with van der Waals surface area (Å²) in [4.78, 5) is 13.3. The lowest BCUT2D eigenvalue weighted by Gasteiger charge is -2.26. The van der Waals surface area contributed by atoms with Crippen molar-refractivity contribution in [3.05, 3.63) is 41.8 Å². The van der Waals surface area contributed by atoms with E-state index in [2.05, 4.69) is 11.3 Å². The Balaban J connectivity index is 1.89. The summed E-state index contributed by atoms with van der Waals surface area (Å²) in [6.45, 7) is 3.30. The van der Waals surface area contributed by atoms with E-state index in [0.29, 0.717) is 5.56 Å². The van der Waals surface area contributed by atoms with E-state index in [-0.39, 0.29) is 0 Å². The van der Waals surface area contributed by atoms with Gasteiger partial charge in [-0.05, 0) is 56.5 Å². The minimum atomic E-state index is -0.848. The Morgan fingerprint density at radius 3 is 2.76 bits per heavy atom. The highest BCUT2D eigenvalue weighted by molar-refractivity contribution is 5.87. The number of piperidine rings is 1. The average molecular weight is 232 g/mol. The van der Waals surface area contributed by atoms with Gasteiger partial charge in [-0.3, -0.25) is 0 Å². The first-order chi connectivity index (χ1) is 8.25. The molecule has 0 saturated carbocycles. The van der Waals surface area contributed by atoms with Crippen molar-refractivity contribution >= 4 is 5.97 Å². The Hall–Kier alpha value is -1.35. The van der Waals surface area contributed by atoms with Crippen molar-refractivity contribution in [3.63, 3.8) is 0 Å². The number of rotatable bonds is 4. The number of carbonyl (C=O) groups is 1. The molecule has 3 heteroatoms. The number of hydrogen-bond acceptors (Lipinski definition) is 2. The van der Waals surface area contributed by atoms with Crippen LogP contribution in [0, 0.1) is 6.42 Å². The van der Waals surface area contributed by atoms with E-state index in [9.17, 15) is 4.79 Å². The standard InChI is InChI=1S/C14H18NO2/c16-14(17)13-6-4-5-12(11-13)7-10-15-8-2-1-3-9-15/h1,4-6,11H,2-3,7-10H2,(H,16,17). The fraction of sp³-hybridized carbons (Fsp3) is 0.429. The zero-order valence-electron chi connectivity index (χ0n) is 9.93. The van der Waals surface area contributed by atoms with E-state index in [0.717, 1.165) is 31.6 Å². The van der Waals surface area contributed by atoms with Gasteiger partial charge in [0.25, 0.3) is 0 Å². The van der Waals surface area contributed by atoms with Gasteiger partial charge in [0.2, 0.25) is 0 Å². The zero-order valence-corrected chi connectivity index (χ0v) is 9.93. The summed E-state index contributed by atoms with van der Waals surface area (Å²) in [5, 5.41) is 8.91. The Morgan fingerprint density at radius 1 is 1.29 bits per heavy atom. The number of carboxylic acids is 1. The first-order valence-corrected chi connectivity index (χ1v) is 6.12. The molecule has 0 amide bonds. The van der Waals surface area contributed by atoms with Crippen LogP contribution in [0.15, 0.2) is 24.3 Å². The molecular formula is C14H18NO2. The molecule has 17 heavy (non-hydrogen) atoms. The van der Waals surface area contributed by atoms with Crippen LogP contribution in [0.25, 0.3) is 0 Å². The van der Waals surface area contributed by atoms with Gasteiger partial charge < -0.3 is 10.0 Å². The Bertz CT molecular complexity index is 384. The number of hydrogen-bond donors (Lipinski definition) is 1. The number of aromatic carboxylic acids is 1. The molecule has 0 aliphatic carbocycles. The monoisotopic (exact) mass is 232 g/mol. The normalized spacial score (nSPS) is 16.9. The summed E-state index contributed by atoms with van der Waals surface area (Å²) in [5.41, 5.74) is 1.49. The summed E-state index contributed by atoms with van der Waals surface area (Å²) in [5.74, 6) is -0.848. The van der Waals surface area contributed by atoms with E-state index in [1.54, 1.807) is 12.1 Å². The van der Waals surface area contributed by atoms with E-state index in [4.69, 9.17) is 5.11 Å². The van der Waals surface area contributed by atoms with Gasteiger partial charge in [-0.15, -0.1) is 0 Å². The molecule has 0 unspecified atom stereocenters. The van der Waals surface area contributed by atoms with Crippen LogP contribution in [0.3, 0.4) is 0 Å². The van der Waals surface area contributed by atoms with Crippen molar-refractivity contribution in [2.24, 2.45) is 0 Å². The summed E-state index contributed by atoms with van der Waals surface area (Å²) in [6.07, 6.45) is 5.62. The zero-order chi connectivity index (χ0) is 12.1. The molecule has 0 spiro atoms. The highest BCUT2D eigenvalue weighted by Crippen LogP contribution is 2.10. The molecule has 2 rings (SSSR count). The Morgan fingerprint density at radius 2 is 2.06 bits per heavy atom. The van der Waals surface area contributed by atoms with Crippen molar-refractivity contribution in [2.45, 2.75) is 19.3 Å². The molecule has 1 aliphatic heterocycles. The Labute approximate surface area is 102 Å². The van der Waals surface area contributed by atoms with Crippen LogP contribution in [0.1, 0.15) is 28.8 Å². The third kappa shape index (κ3) is 3.56. The highest BCUT2D eigenvalue weighted by Gasteiger charge is 2.10. The van der Waals surface area contributed by atoms with Gasteiger partial charge in [0.15, 0.2) is 0 Å². The maximum atomic E-state index is 10.8. The van der Waals surface area contributed by atoms with Crippen LogP contribution in [-0.2, 0) is 6.42 Å². The number of nitrogens with zero attached hydrogens (tertiary/aromatic N) is 1. The van der Waals surface area contributed by atoms with E-state index in [1.165, 1.54) is 12.8 Å². The van der Waals surface area contributed by atoms with Crippen LogP contribution in [0.2, 0.25) is 0 Å². The van der Waals surface area contributed by atoms with Gasteiger partial charge in [-0.2, -0.15) is 0 Å². The molecule has 1 fully saturated rings. The second kappa shape index (κ2) is 5.82. The van der Waals surface area contributed by atoms with Crippen LogP contribution in [0.5, 0.6) is 0 Å². The fourth-order valence-electron chi connectivity index (χ4n) is 2.17. The third-order valence-corrected chi connectivity index (χ3v) is 3.19. The molecule has 1 heterocycles. The molecule has 1 aliphatic rings. The molecule has 1 saturated heterocycles. The smallest absolute Gasteiger partial charge is 0.335 e. The highest BCUT2D eigenvalue weighted by atomic mass is 16.4. The van der Waals surface area contributed by atoms with Crippen LogP contribution >= 0.6 is 0 Å². The predicted octanol–water partition coefficient (Wildman–Crippen LogP) is 2.23. The second-order valence-electron chi connectivity index (χ2n) is 4.46. The van der Waals surface area contributed by atoms with Crippen LogP contribution in [-0.4, -0.2) is 35.6 Å². The first-order valence-electron chi connectivity index (χ1n) is 6.12. The van der Waals surface area contributed by atoms with Crippen molar-refractivity contribution in [3.8, 4) is 0 Å². The average Bonchev–Trinajstić information content (AvgIpc) is 2.38. The first kappa shape index (κ1) is 12.1. The van der Waals surface area contributed by atoms with Crippen molar-refractivity contribution in [1.82, 2.24) is 4.90 Å². The summed E-state index contributed by atoms with van der Waals surface area (Å²) >= 11 is 0. The molecular weight excluding hydrogens is 214 g/mol. The summed E-state index contributed by atoms with van der Waals surface area (Å²) in [6, 6.07) is 7.24. The summed E-state index contributed by atoms with van der Waals surface area (Å²) < 4.78 is 0.